The Morgan fingerprint density at radius 2 is 1.76 bits per heavy atom. The summed E-state index contributed by atoms with van der Waals surface area (Å²) in [5.74, 6) is 1.15. The number of benzene rings is 3. The maximum atomic E-state index is 12.4. The molecule has 2 heterocycles. The fourth-order valence-electron chi connectivity index (χ4n) is 3.94. The van der Waals surface area contributed by atoms with Gasteiger partial charge in [-0.15, -0.1) is 0 Å². The van der Waals surface area contributed by atoms with E-state index in [9.17, 15) is 4.79 Å². The zero-order chi connectivity index (χ0) is 23.5. The first kappa shape index (κ1) is 22.3. The molecule has 1 aliphatic heterocycles. The summed E-state index contributed by atoms with van der Waals surface area (Å²) >= 11 is 12.2. The van der Waals surface area contributed by atoms with Crippen molar-refractivity contribution in [2.24, 2.45) is 5.10 Å². The van der Waals surface area contributed by atoms with Crippen molar-refractivity contribution in [3.05, 3.63) is 93.6 Å². The second-order valence-corrected chi connectivity index (χ2v) is 8.74. The highest BCUT2D eigenvalue weighted by molar-refractivity contribution is 6.42. The highest BCUT2D eigenvalue weighted by Crippen LogP contribution is 2.31. The van der Waals surface area contributed by atoms with E-state index in [1.54, 1.807) is 12.3 Å². The molecule has 0 fully saturated rings. The molecule has 6 nitrogen and oxygen atoms in total. The van der Waals surface area contributed by atoms with Crippen LogP contribution in [0.25, 0.3) is 10.9 Å². The number of fused-ring (bicyclic) bond motifs is 2. The number of aromatic nitrogens is 1. The van der Waals surface area contributed by atoms with Crippen molar-refractivity contribution in [1.29, 1.82) is 0 Å². The number of ether oxygens (including phenoxy) is 2. The smallest absolute Gasteiger partial charge is 0.244 e. The third-order valence-electron chi connectivity index (χ3n) is 5.52. The van der Waals surface area contributed by atoms with Gasteiger partial charge >= 0.3 is 0 Å². The summed E-state index contributed by atoms with van der Waals surface area (Å²) < 4.78 is 13.2. The molecule has 172 valence electrons. The molecule has 0 saturated heterocycles. The van der Waals surface area contributed by atoms with Crippen LogP contribution in [0.3, 0.4) is 0 Å². The summed E-state index contributed by atoms with van der Waals surface area (Å²) in [5, 5.41) is 6.28. The molecule has 5 rings (SSSR count). The normalized spacial score (nSPS) is 12.9. The minimum atomic E-state index is -0.215. The fourth-order valence-corrected chi connectivity index (χ4v) is 4.26. The van der Waals surface area contributed by atoms with Gasteiger partial charge in [0.25, 0.3) is 0 Å². The Hall–Kier alpha value is -3.48. The summed E-state index contributed by atoms with van der Waals surface area (Å²) in [5.41, 5.74) is 6.43. The molecule has 1 N–H and O–H groups in total. The largest absolute Gasteiger partial charge is 0.486 e. The van der Waals surface area contributed by atoms with E-state index >= 15 is 0 Å². The van der Waals surface area contributed by atoms with Gasteiger partial charge in [-0.1, -0.05) is 53.5 Å². The lowest BCUT2D eigenvalue weighted by molar-refractivity contribution is -0.120. The first-order valence-corrected chi connectivity index (χ1v) is 11.5. The summed E-state index contributed by atoms with van der Waals surface area (Å²) in [6, 6.07) is 19.2. The molecule has 3 aromatic carbocycles. The topological polar surface area (TPSA) is 64.8 Å². The SMILES string of the molecule is O=C(Cc1ccc2c(c1)OCCO2)N/N=C\c1cn(Cc2ccc(Cl)c(Cl)c2)c2ccccc12. The van der Waals surface area contributed by atoms with E-state index in [1.165, 1.54) is 0 Å². The van der Waals surface area contributed by atoms with Crippen molar-refractivity contribution in [2.75, 3.05) is 13.2 Å². The van der Waals surface area contributed by atoms with E-state index in [-0.39, 0.29) is 12.3 Å². The number of carbonyl (C=O) groups is 1. The van der Waals surface area contributed by atoms with Crippen LogP contribution in [0.2, 0.25) is 10.0 Å². The van der Waals surface area contributed by atoms with Crippen molar-refractivity contribution in [3.8, 4) is 11.5 Å². The molecule has 0 aliphatic carbocycles. The maximum Gasteiger partial charge on any atom is 0.244 e. The molecule has 0 saturated carbocycles. The van der Waals surface area contributed by atoms with E-state index in [0.717, 1.165) is 27.6 Å². The second kappa shape index (κ2) is 9.79. The van der Waals surface area contributed by atoms with Crippen molar-refractivity contribution < 1.29 is 14.3 Å². The molecule has 4 aromatic rings. The van der Waals surface area contributed by atoms with Crippen LogP contribution in [0, 0.1) is 0 Å². The van der Waals surface area contributed by atoms with E-state index in [1.807, 2.05) is 60.8 Å². The lowest BCUT2D eigenvalue weighted by Crippen LogP contribution is -2.20. The van der Waals surface area contributed by atoms with Crippen molar-refractivity contribution in [1.82, 2.24) is 9.99 Å². The molecule has 1 amide bonds. The first-order valence-electron chi connectivity index (χ1n) is 10.8. The zero-order valence-corrected chi connectivity index (χ0v) is 19.6. The van der Waals surface area contributed by atoms with Gasteiger partial charge in [-0.25, -0.2) is 5.43 Å². The number of nitrogens with one attached hydrogen (secondary N) is 1. The number of carbonyl (C=O) groups excluding carboxylic acids is 1. The van der Waals surface area contributed by atoms with Crippen molar-refractivity contribution in [3.63, 3.8) is 0 Å². The van der Waals surface area contributed by atoms with Gasteiger partial charge in [-0.2, -0.15) is 5.10 Å². The number of amides is 1. The van der Waals surface area contributed by atoms with E-state index in [4.69, 9.17) is 32.7 Å². The van der Waals surface area contributed by atoms with Gasteiger partial charge in [-0.05, 0) is 41.5 Å². The van der Waals surface area contributed by atoms with Crippen LogP contribution >= 0.6 is 23.2 Å². The maximum absolute atomic E-state index is 12.4. The summed E-state index contributed by atoms with van der Waals surface area (Å²) in [4.78, 5) is 12.4. The third kappa shape index (κ3) is 4.88. The van der Waals surface area contributed by atoms with Crippen molar-refractivity contribution >= 4 is 46.2 Å². The van der Waals surface area contributed by atoms with Crippen LogP contribution < -0.4 is 14.9 Å². The molecule has 0 spiro atoms. The predicted molar refractivity (Wildman–Crippen MR) is 134 cm³/mol. The quantitative estimate of drug-likeness (QED) is 0.286. The van der Waals surface area contributed by atoms with Gasteiger partial charge in [0, 0.05) is 29.2 Å². The van der Waals surface area contributed by atoms with Gasteiger partial charge in [0.2, 0.25) is 5.91 Å². The Morgan fingerprint density at radius 3 is 2.62 bits per heavy atom. The van der Waals surface area contributed by atoms with Crippen LogP contribution in [0.1, 0.15) is 16.7 Å². The second-order valence-electron chi connectivity index (χ2n) is 7.93. The summed E-state index contributed by atoms with van der Waals surface area (Å²) in [6.45, 7) is 1.67. The number of rotatable bonds is 6. The number of hydrogen-bond donors (Lipinski definition) is 1. The number of hydrogen-bond acceptors (Lipinski definition) is 4. The van der Waals surface area contributed by atoms with E-state index in [0.29, 0.717) is 41.3 Å². The molecule has 1 aromatic heterocycles. The predicted octanol–water partition coefficient (Wildman–Crippen LogP) is 5.46. The average molecular weight is 494 g/mol. The molecule has 0 atom stereocenters. The number of hydrazone groups is 1. The van der Waals surface area contributed by atoms with E-state index < -0.39 is 0 Å². The Labute approximate surface area is 206 Å². The van der Waals surface area contributed by atoms with Crippen LogP contribution in [0.5, 0.6) is 11.5 Å². The fraction of sp³-hybridized carbons (Fsp3) is 0.154. The van der Waals surface area contributed by atoms with Crippen LogP contribution in [-0.4, -0.2) is 29.9 Å². The number of para-hydroxylation sites is 1. The minimum Gasteiger partial charge on any atom is -0.486 e. The Balaban J connectivity index is 1.29. The molecule has 34 heavy (non-hydrogen) atoms. The van der Waals surface area contributed by atoms with Crippen LogP contribution in [0.4, 0.5) is 0 Å². The molecule has 0 bridgehead atoms. The average Bonchev–Trinajstić information content (AvgIpc) is 3.19. The number of halogens is 2. The molecular formula is C26H21Cl2N3O3. The molecule has 0 radical (unpaired) electrons. The molecule has 0 unspecified atom stereocenters. The monoisotopic (exact) mass is 493 g/mol. The van der Waals surface area contributed by atoms with Crippen LogP contribution in [-0.2, 0) is 17.8 Å². The first-order chi connectivity index (χ1) is 16.6. The highest BCUT2D eigenvalue weighted by Gasteiger charge is 2.13. The van der Waals surface area contributed by atoms with Gasteiger partial charge in [0.15, 0.2) is 11.5 Å². The highest BCUT2D eigenvalue weighted by atomic mass is 35.5. The summed E-state index contributed by atoms with van der Waals surface area (Å²) in [7, 11) is 0. The van der Waals surface area contributed by atoms with Crippen LogP contribution in [0.15, 0.2) is 72.0 Å². The van der Waals surface area contributed by atoms with Gasteiger partial charge in [0.05, 0.1) is 22.7 Å². The van der Waals surface area contributed by atoms with Crippen molar-refractivity contribution in [2.45, 2.75) is 13.0 Å². The van der Waals surface area contributed by atoms with E-state index in [2.05, 4.69) is 15.1 Å². The van der Waals surface area contributed by atoms with Gasteiger partial charge in [-0.3, -0.25) is 4.79 Å². The Morgan fingerprint density at radius 1 is 0.971 bits per heavy atom. The molecule has 1 aliphatic rings. The Kier molecular flexibility index (Phi) is 6.43. The summed E-state index contributed by atoms with van der Waals surface area (Å²) in [6.07, 6.45) is 3.85. The lowest BCUT2D eigenvalue weighted by Gasteiger charge is -2.18. The number of nitrogens with zero attached hydrogens (tertiary/aromatic N) is 2. The van der Waals surface area contributed by atoms with Gasteiger partial charge < -0.3 is 14.0 Å². The minimum absolute atomic E-state index is 0.188. The van der Waals surface area contributed by atoms with Gasteiger partial charge in [0.1, 0.15) is 13.2 Å². The standard InChI is InChI=1S/C26H21Cl2N3O3/c27-21-7-5-18(11-22(21)28)15-31-16-19(20-3-1-2-4-23(20)31)14-29-30-26(32)13-17-6-8-24-25(12-17)34-10-9-33-24/h1-8,11-12,14,16H,9-10,13,15H2,(H,30,32)/b29-14-. The lowest BCUT2D eigenvalue weighted by atomic mass is 10.1. The molecular weight excluding hydrogens is 473 g/mol. The molecule has 8 heteroatoms. The third-order valence-corrected chi connectivity index (χ3v) is 6.26. The Bertz CT molecular complexity index is 1400. The zero-order valence-electron chi connectivity index (χ0n) is 18.1.